The van der Waals surface area contributed by atoms with Crippen LogP contribution < -0.4 is 0 Å². The zero-order valence-electron chi connectivity index (χ0n) is 16.7. The van der Waals surface area contributed by atoms with Crippen molar-refractivity contribution in [3.63, 3.8) is 0 Å². The highest BCUT2D eigenvalue weighted by Gasteiger charge is 2.20. The molecule has 24 heavy (non-hydrogen) atoms. The molecule has 0 amide bonds. The molecule has 142 valence electrons. The molecule has 6 heteroatoms. The van der Waals surface area contributed by atoms with Crippen LogP contribution in [0.3, 0.4) is 0 Å². The molecule has 0 aromatic rings. The standard InChI is InChI=1S/C18H38O4Si2/c1-23(2,3)21-17(19)15-13-11-9-7-8-10-12-14-16-18(20)22-24(4,5)6/h7-16H2,1-6H3. The number of carbonyl (C=O) groups is 2. The molecule has 0 spiro atoms. The molecule has 0 unspecified atom stereocenters. The lowest BCUT2D eigenvalue weighted by Gasteiger charge is -2.17. The van der Waals surface area contributed by atoms with Gasteiger partial charge in [0.1, 0.15) is 0 Å². The van der Waals surface area contributed by atoms with Crippen molar-refractivity contribution in [3.8, 4) is 0 Å². The normalized spacial score (nSPS) is 12.1. The summed E-state index contributed by atoms with van der Waals surface area (Å²) in [6.07, 6.45) is 9.97. The van der Waals surface area contributed by atoms with Gasteiger partial charge in [0.05, 0.1) is 0 Å². The Morgan fingerprint density at radius 2 is 0.792 bits per heavy atom. The average molecular weight is 375 g/mol. The molecule has 0 aromatic carbocycles. The molecular weight excluding hydrogens is 336 g/mol. The van der Waals surface area contributed by atoms with E-state index in [0.717, 1.165) is 25.7 Å². The van der Waals surface area contributed by atoms with Crippen molar-refractivity contribution < 1.29 is 18.4 Å². The maximum Gasteiger partial charge on any atom is 0.292 e. The average Bonchev–Trinajstić information content (AvgIpc) is 2.36. The maximum atomic E-state index is 11.6. The Morgan fingerprint density at radius 3 is 1.04 bits per heavy atom. The van der Waals surface area contributed by atoms with Crippen LogP contribution in [-0.4, -0.2) is 28.6 Å². The predicted molar refractivity (Wildman–Crippen MR) is 105 cm³/mol. The monoisotopic (exact) mass is 374 g/mol. The number of unbranched alkanes of at least 4 members (excludes halogenated alkanes) is 7. The van der Waals surface area contributed by atoms with Crippen LogP contribution in [0.1, 0.15) is 64.2 Å². The van der Waals surface area contributed by atoms with Crippen LogP contribution in [0.4, 0.5) is 0 Å². The molecule has 0 aliphatic rings. The van der Waals surface area contributed by atoms with Crippen LogP contribution >= 0.6 is 0 Å². The summed E-state index contributed by atoms with van der Waals surface area (Å²) in [5, 5.41) is 0. The fraction of sp³-hybridized carbons (Fsp3) is 0.889. The summed E-state index contributed by atoms with van der Waals surface area (Å²) < 4.78 is 10.8. The lowest BCUT2D eigenvalue weighted by molar-refractivity contribution is -0.136. The van der Waals surface area contributed by atoms with Gasteiger partial charge < -0.3 is 8.85 Å². The smallest absolute Gasteiger partial charge is 0.292 e. The fourth-order valence-electron chi connectivity index (χ4n) is 2.38. The van der Waals surface area contributed by atoms with E-state index in [9.17, 15) is 9.59 Å². The molecule has 0 atom stereocenters. The summed E-state index contributed by atoms with van der Waals surface area (Å²) in [7, 11) is -3.43. The molecule has 0 fully saturated rings. The molecule has 0 rings (SSSR count). The second-order valence-corrected chi connectivity index (χ2v) is 17.4. The SMILES string of the molecule is C[Si](C)(C)OC(=O)CCCCCCCCCCC(=O)O[Si](C)(C)C. The van der Waals surface area contributed by atoms with Gasteiger partial charge in [-0.15, -0.1) is 0 Å². The highest BCUT2D eigenvalue weighted by Crippen LogP contribution is 2.13. The van der Waals surface area contributed by atoms with Crippen LogP contribution in [0.15, 0.2) is 0 Å². The van der Waals surface area contributed by atoms with E-state index >= 15 is 0 Å². The van der Waals surface area contributed by atoms with Crippen molar-refractivity contribution in [2.24, 2.45) is 0 Å². The first-order valence-corrected chi connectivity index (χ1v) is 16.2. The summed E-state index contributed by atoms with van der Waals surface area (Å²) in [6, 6.07) is 0. The highest BCUT2D eigenvalue weighted by molar-refractivity contribution is 6.71. The second kappa shape index (κ2) is 11.8. The van der Waals surface area contributed by atoms with E-state index in [-0.39, 0.29) is 11.9 Å². The molecule has 4 nitrogen and oxygen atoms in total. The molecule has 0 bridgehead atoms. The first kappa shape index (κ1) is 23.4. The van der Waals surface area contributed by atoms with E-state index < -0.39 is 16.6 Å². The van der Waals surface area contributed by atoms with Gasteiger partial charge in [-0.05, 0) is 52.1 Å². The minimum atomic E-state index is -1.72. The van der Waals surface area contributed by atoms with Gasteiger partial charge in [-0.1, -0.05) is 38.5 Å². The summed E-state index contributed by atoms with van der Waals surface area (Å²) in [6.45, 7) is 12.2. The zero-order valence-corrected chi connectivity index (χ0v) is 18.7. The van der Waals surface area contributed by atoms with Crippen LogP contribution in [0, 0.1) is 0 Å². The minimum absolute atomic E-state index is 0.0284. The van der Waals surface area contributed by atoms with Gasteiger partial charge in [-0.3, -0.25) is 9.59 Å². The highest BCUT2D eigenvalue weighted by atomic mass is 28.4. The maximum absolute atomic E-state index is 11.6. The summed E-state index contributed by atoms with van der Waals surface area (Å²) in [5.41, 5.74) is 0. The molecule has 0 N–H and O–H groups in total. The van der Waals surface area contributed by atoms with E-state index in [4.69, 9.17) is 8.85 Å². The molecule has 0 radical (unpaired) electrons. The Kier molecular flexibility index (Phi) is 11.5. The quantitative estimate of drug-likeness (QED) is 0.309. The van der Waals surface area contributed by atoms with Crippen LogP contribution in [0.25, 0.3) is 0 Å². The first-order valence-electron chi connectivity index (χ1n) is 9.43. The minimum Gasteiger partial charge on any atom is -0.520 e. The van der Waals surface area contributed by atoms with E-state index in [1.807, 2.05) is 39.3 Å². The van der Waals surface area contributed by atoms with Crippen LogP contribution in [0.5, 0.6) is 0 Å². The lowest BCUT2D eigenvalue weighted by Crippen LogP contribution is -2.29. The Balaban J connectivity index is 3.37. The number of hydrogen-bond acceptors (Lipinski definition) is 4. The third-order valence-corrected chi connectivity index (χ3v) is 5.03. The molecule has 0 saturated heterocycles. The summed E-state index contributed by atoms with van der Waals surface area (Å²) in [5.74, 6) is -0.0567. The van der Waals surface area contributed by atoms with Crippen LogP contribution in [0.2, 0.25) is 39.3 Å². The second-order valence-electron chi connectivity index (χ2n) is 8.50. The van der Waals surface area contributed by atoms with Crippen molar-refractivity contribution >= 4 is 28.6 Å². The van der Waals surface area contributed by atoms with E-state index in [2.05, 4.69) is 0 Å². The van der Waals surface area contributed by atoms with E-state index in [1.165, 1.54) is 25.7 Å². The Bertz CT molecular complexity index is 334. The Hall–Kier alpha value is -0.626. The largest absolute Gasteiger partial charge is 0.520 e. The van der Waals surface area contributed by atoms with Crippen molar-refractivity contribution in [2.75, 3.05) is 0 Å². The molecule has 0 aliphatic heterocycles. The van der Waals surface area contributed by atoms with Gasteiger partial charge in [0.15, 0.2) is 0 Å². The van der Waals surface area contributed by atoms with Gasteiger partial charge in [0.2, 0.25) is 16.6 Å². The number of hydrogen-bond donors (Lipinski definition) is 0. The Morgan fingerprint density at radius 1 is 0.542 bits per heavy atom. The Labute approximate surface area is 151 Å². The molecular formula is C18H38O4Si2. The van der Waals surface area contributed by atoms with Crippen LogP contribution in [-0.2, 0) is 18.4 Å². The van der Waals surface area contributed by atoms with Gasteiger partial charge in [-0.25, -0.2) is 0 Å². The third-order valence-electron chi connectivity index (χ3n) is 3.35. The number of rotatable bonds is 13. The molecule has 0 heterocycles. The fourth-order valence-corrected chi connectivity index (χ4v) is 3.95. The first-order chi connectivity index (χ1) is 11.0. The molecule has 0 aromatic heterocycles. The van der Waals surface area contributed by atoms with Crippen molar-refractivity contribution in [1.29, 1.82) is 0 Å². The van der Waals surface area contributed by atoms with E-state index in [0.29, 0.717) is 12.8 Å². The van der Waals surface area contributed by atoms with Crippen molar-refractivity contribution in [2.45, 2.75) is 103 Å². The van der Waals surface area contributed by atoms with Gasteiger partial charge in [0.25, 0.3) is 11.9 Å². The number of carbonyl (C=O) groups excluding carboxylic acids is 2. The molecule has 0 saturated carbocycles. The van der Waals surface area contributed by atoms with Crippen molar-refractivity contribution in [1.82, 2.24) is 0 Å². The molecule has 0 aliphatic carbocycles. The third kappa shape index (κ3) is 17.7. The summed E-state index contributed by atoms with van der Waals surface area (Å²) in [4.78, 5) is 23.2. The summed E-state index contributed by atoms with van der Waals surface area (Å²) >= 11 is 0. The van der Waals surface area contributed by atoms with Gasteiger partial charge in [-0.2, -0.15) is 0 Å². The topological polar surface area (TPSA) is 52.6 Å². The van der Waals surface area contributed by atoms with E-state index in [1.54, 1.807) is 0 Å². The van der Waals surface area contributed by atoms with Gasteiger partial charge in [0, 0.05) is 12.8 Å². The van der Waals surface area contributed by atoms with Crippen molar-refractivity contribution in [3.05, 3.63) is 0 Å². The lowest BCUT2D eigenvalue weighted by atomic mass is 10.1. The predicted octanol–water partition coefficient (Wildman–Crippen LogP) is 5.64. The zero-order chi connectivity index (χ0) is 18.6. The van der Waals surface area contributed by atoms with Gasteiger partial charge >= 0.3 is 0 Å².